The molecule has 5 rings (SSSR count). The summed E-state index contributed by atoms with van der Waals surface area (Å²) in [6.07, 6.45) is 12.2. The number of nitrogens with zero attached hydrogens (tertiary/aromatic N) is 1. The van der Waals surface area contributed by atoms with Gasteiger partial charge in [0, 0.05) is 31.2 Å². The van der Waals surface area contributed by atoms with Crippen LogP contribution in [0.25, 0.3) is 0 Å². The van der Waals surface area contributed by atoms with Crippen LogP contribution in [-0.2, 0) is 0 Å². The Bertz CT molecular complexity index is 414. The SMILES string of the molecule is CC1(C2CC2)CNC(C2CC2)CN1CC1CC2CCC1C2. The molecule has 2 heteroatoms. The first-order valence-electron chi connectivity index (χ1n) is 9.71. The van der Waals surface area contributed by atoms with Gasteiger partial charge in [0.2, 0.25) is 0 Å². The molecule has 0 spiro atoms. The molecule has 4 aliphatic carbocycles. The van der Waals surface area contributed by atoms with Gasteiger partial charge in [-0.15, -0.1) is 0 Å². The zero-order valence-electron chi connectivity index (χ0n) is 13.7. The van der Waals surface area contributed by atoms with Gasteiger partial charge < -0.3 is 5.32 Å². The fourth-order valence-corrected chi connectivity index (χ4v) is 6.05. The van der Waals surface area contributed by atoms with Crippen LogP contribution in [0, 0.1) is 29.6 Å². The van der Waals surface area contributed by atoms with Crippen molar-refractivity contribution < 1.29 is 0 Å². The molecule has 0 aromatic rings. The lowest BCUT2D eigenvalue weighted by Crippen LogP contribution is -2.65. The summed E-state index contributed by atoms with van der Waals surface area (Å²) in [7, 11) is 0. The van der Waals surface area contributed by atoms with Crippen molar-refractivity contribution >= 4 is 0 Å². The highest BCUT2D eigenvalue weighted by atomic mass is 15.3. The van der Waals surface area contributed by atoms with Crippen molar-refractivity contribution in [1.29, 1.82) is 0 Å². The van der Waals surface area contributed by atoms with E-state index in [9.17, 15) is 0 Å². The molecule has 1 aliphatic heterocycles. The standard InChI is InChI=1S/C19H32N2/c1-19(17-6-7-17)12-20-18(14-4-5-14)11-21(19)10-16-9-13-2-3-15(16)8-13/h13-18,20H,2-12H2,1H3. The van der Waals surface area contributed by atoms with E-state index in [1.807, 2.05) is 0 Å². The predicted molar refractivity (Wildman–Crippen MR) is 86.2 cm³/mol. The van der Waals surface area contributed by atoms with Crippen molar-refractivity contribution in [2.24, 2.45) is 29.6 Å². The summed E-state index contributed by atoms with van der Waals surface area (Å²) in [6, 6.07) is 0.815. The van der Waals surface area contributed by atoms with E-state index >= 15 is 0 Å². The third kappa shape index (κ3) is 2.28. The van der Waals surface area contributed by atoms with Gasteiger partial charge in [-0.2, -0.15) is 0 Å². The number of hydrogen-bond acceptors (Lipinski definition) is 2. The zero-order valence-corrected chi connectivity index (χ0v) is 13.7. The van der Waals surface area contributed by atoms with Gasteiger partial charge in [-0.3, -0.25) is 4.90 Å². The molecule has 5 aliphatic rings. The van der Waals surface area contributed by atoms with Gasteiger partial charge >= 0.3 is 0 Å². The van der Waals surface area contributed by atoms with Crippen molar-refractivity contribution in [3.63, 3.8) is 0 Å². The Morgan fingerprint density at radius 3 is 2.43 bits per heavy atom. The molecule has 1 saturated heterocycles. The van der Waals surface area contributed by atoms with Crippen molar-refractivity contribution in [2.75, 3.05) is 19.6 Å². The van der Waals surface area contributed by atoms with E-state index in [-0.39, 0.29) is 0 Å². The summed E-state index contributed by atoms with van der Waals surface area (Å²) in [6.45, 7) is 6.62. The molecule has 1 N–H and O–H groups in total. The van der Waals surface area contributed by atoms with E-state index in [1.165, 1.54) is 45.3 Å². The minimum Gasteiger partial charge on any atom is -0.311 e. The summed E-state index contributed by atoms with van der Waals surface area (Å²) in [5.74, 6) is 5.24. The average Bonchev–Trinajstić information content (AvgIpc) is 3.40. The Labute approximate surface area is 130 Å². The van der Waals surface area contributed by atoms with Crippen LogP contribution < -0.4 is 5.32 Å². The third-order valence-electron chi connectivity index (χ3n) is 7.85. The molecule has 2 bridgehead atoms. The Morgan fingerprint density at radius 1 is 1.00 bits per heavy atom. The smallest absolute Gasteiger partial charge is 0.0334 e. The molecule has 5 fully saturated rings. The van der Waals surface area contributed by atoms with Crippen LogP contribution in [0.3, 0.4) is 0 Å². The molecular weight excluding hydrogens is 256 g/mol. The average molecular weight is 288 g/mol. The van der Waals surface area contributed by atoms with Crippen LogP contribution in [-0.4, -0.2) is 36.1 Å². The monoisotopic (exact) mass is 288 g/mol. The highest BCUT2D eigenvalue weighted by Gasteiger charge is 2.51. The van der Waals surface area contributed by atoms with Crippen LogP contribution >= 0.6 is 0 Å². The molecular formula is C19H32N2. The van der Waals surface area contributed by atoms with E-state index in [4.69, 9.17) is 0 Å². The number of hydrogen-bond donors (Lipinski definition) is 1. The lowest BCUT2D eigenvalue weighted by Gasteiger charge is -2.50. The summed E-state index contributed by atoms with van der Waals surface area (Å²) in [5, 5.41) is 3.94. The molecule has 5 unspecified atom stereocenters. The number of piperazine rings is 1. The second-order valence-electron chi connectivity index (χ2n) is 9.30. The van der Waals surface area contributed by atoms with Gasteiger partial charge in [0.25, 0.3) is 0 Å². The first-order chi connectivity index (χ1) is 10.2. The highest BCUT2D eigenvalue weighted by molar-refractivity contribution is 5.08. The van der Waals surface area contributed by atoms with Gasteiger partial charge in [-0.1, -0.05) is 6.42 Å². The minimum atomic E-state index is 0.479. The Balaban J connectivity index is 1.32. The quantitative estimate of drug-likeness (QED) is 0.854. The van der Waals surface area contributed by atoms with Gasteiger partial charge in [-0.25, -0.2) is 0 Å². The largest absolute Gasteiger partial charge is 0.311 e. The van der Waals surface area contributed by atoms with Crippen LogP contribution in [0.5, 0.6) is 0 Å². The van der Waals surface area contributed by atoms with E-state index in [2.05, 4.69) is 17.1 Å². The van der Waals surface area contributed by atoms with E-state index in [0.29, 0.717) is 5.54 Å². The summed E-state index contributed by atoms with van der Waals surface area (Å²) in [5.41, 5.74) is 0.479. The molecule has 21 heavy (non-hydrogen) atoms. The second-order valence-corrected chi connectivity index (χ2v) is 9.30. The van der Waals surface area contributed by atoms with Crippen LogP contribution in [0.15, 0.2) is 0 Å². The van der Waals surface area contributed by atoms with Crippen LogP contribution in [0.4, 0.5) is 0 Å². The number of rotatable bonds is 4. The van der Waals surface area contributed by atoms with Crippen molar-refractivity contribution in [3.05, 3.63) is 0 Å². The van der Waals surface area contributed by atoms with Gasteiger partial charge in [0.1, 0.15) is 0 Å². The van der Waals surface area contributed by atoms with Crippen LogP contribution in [0.1, 0.15) is 58.3 Å². The van der Waals surface area contributed by atoms with Crippen molar-refractivity contribution in [1.82, 2.24) is 10.2 Å². The molecule has 118 valence electrons. The molecule has 0 amide bonds. The first kappa shape index (κ1) is 13.4. The van der Waals surface area contributed by atoms with Gasteiger partial charge in [0.15, 0.2) is 0 Å². The molecule has 0 aromatic carbocycles. The summed E-state index contributed by atoms with van der Waals surface area (Å²) in [4.78, 5) is 2.98. The van der Waals surface area contributed by atoms with Gasteiger partial charge in [0.05, 0.1) is 0 Å². The molecule has 4 saturated carbocycles. The normalized spacial score (nSPS) is 50.7. The van der Waals surface area contributed by atoms with Crippen molar-refractivity contribution in [3.8, 4) is 0 Å². The Kier molecular flexibility index (Phi) is 3.00. The fraction of sp³-hybridized carbons (Fsp3) is 1.00. The maximum atomic E-state index is 3.94. The summed E-state index contributed by atoms with van der Waals surface area (Å²) >= 11 is 0. The summed E-state index contributed by atoms with van der Waals surface area (Å²) < 4.78 is 0. The molecule has 5 atom stereocenters. The van der Waals surface area contributed by atoms with E-state index in [1.54, 1.807) is 25.7 Å². The lowest BCUT2D eigenvalue weighted by atomic mass is 9.84. The van der Waals surface area contributed by atoms with Crippen molar-refractivity contribution in [2.45, 2.75) is 69.9 Å². The Hall–Kier alpha value is -0.0800. The lowest BCUT2D eigenvalue weighted by molar-refractivity contribution is 0.0106. The number of nitrogens with one attached hydrogen (secondary N) is 1. The second kappa shape index (κ2) is 4.71. The fourth-order valence-electron chi connectivity index (χ4n) is 6.05. The topological polar surface area (TPSA) is 15.3 Å². The first-order valence-corrected chi connectivity index (χ1v) is 9.71. The maximum Gasteiger partial charge on any atom is 0.0334 e. The molecule has 2 nitrogen and oxygen atoms in total. The molecule has 0 radical (unpaired) electrons. The minimum absolute atomic E-state index is 0.479. The number of fused-ring (bicyclic) bond motifs is 2. The maximum absolute atomic E-state index is 3.94. The third-order valence-corrected chi connectivity index (χ3v) is 7.85. The van der Waals surface area contributed by atoms with Gasteiger partial charge in [-0.05, 0) is 81.5 Å². The van der Waals surface area contributed by atoms with E-state index < -0.39 is 0 Å². The predicted octanol–water partition coefficient (Wildman–Crippen LogP) is 3.28. The van der Waals surface area contributed by atoms with E-state index in [0.717, 1.165) is 35.6 Å². The molecule has 0 aromatic heterocycles. The Morgan fingerprint density at radius 2 is 1.81 bits per heavy atom. The highest BCUT2D eigenvalue weighted by Crippen LogP contribution is 2.51. The molecule has 1 heterocycles. The van der Waals surface area contributed by atoms with Crippen LogP contribution in [0.2, 0.25) is 0 Å². The zero-order chi connectivity index (χ0) is 14.0.